The molecule has 2 heterocycles. The van der Waals surface area contributed by atoms with Crippen LogP contribution in [0.4, 0.5) is 0 Å². The van der Waals surface area contributed by atoms with Crippen LogP contribution in [0.25, 0.3) is 0 Å². The third-order valence-electron chi connectivity index (χ3n) is 3.27. The summed E-state index contributed by atoms with van der Waals surface area (Å²) >= 11 is 0. The fourth-order valence-corrected chi connectivity index (χ4v) is 1.58. The summed E-state index contributed by atoms with van der Waals surface area (Å²) in [6, 6.07) is 4.34. The van der Waals surface area contributed by atoms with Gasteiger partial charge in [-0.25, -0.2) is 0 Å². The van der Waals surface area contributed by atoms with Gasteiger partial charge < -0.3 is 4.74 Å². The topological polar surface area (TPSA) is 25.4 Å². The number of rotatable bonds is 4. The largest absolute Gasteiger partial charge is 0.373 e. The Bertz CT molecular complexity index is 325. The van der Waals surface area contributed by atoms with Gasteiger partial charge in [-0.05, 0) is 18.1 Å². The van der Waals surface area contributed by atoms with Crippen molar-refractivity contribution in [2.75, 3.05) is 6.61 Å². The van der Waals surface area contributed by atoms with Gasteiger partial charge in [-0.1, -0.05) is 26.8 Å². The van der Waals surface area contributed by atoms with Crippen LogP contribution < -0.4 is 0 Å². The monoisotopic (exact) mass is 205 g/mol. The van der Waals surface area contributed by atoms with E-state index in [1.165, 1.54) is 11.3 Å². The van der Waals surface area contributed by atoms with Crippen LogP contribution in [0, 0.1) is 0 Å². The van der Waals surface area contributed by atoms with Crippen molar-refractivity contribution in [1.82, 2.24) is 4.98 Å². The van der Waals surface area contributed by atoms with Crippen molar-refractivity contribution in [2.24, 2.45) is 0 Å². The third kappa shape index (κ3) is 2.57. The average molecular weight is 205 g/mol. The molecule has 2 nitrogen and oxygen atoms in total. The summed E-state index contributed by atoms with van der Waals surface area (Å²) in [6.07, 6.45) is 4.58. The van der Waals surface area contributed by atoms with Gasteiger partial charge in [0, 0.05) is 23.7 Å². The summed E-state index contributed by atoms with van der Waals surface area (Å²) in [6.45, 7) is 7.59. The third-order valence-corrected chi connectivity index (χ3v) is 3.27. The van der Waals surface area contributed by atoms with Crippen molar-refractivity contribution in [3.05, 3.63) is 29.6 Å². The second kappa shape index (κ2) is 3.93. The molecular formula is C13H19NO. The van der Waals surface area contributed by atoms with E-state index < -0.39 is 0 Å². The first-order valence-corrected chi connectivity index (χ1v) is 5.69. The Morgan fingerprint density at radius 3 is 2.67 bits per heavy atom. The molecule has 2 heteroatoms. The molecule has 1 aromatic rings. The minimum atomic E-state index is 0.189. The van der Waals surface area contributed by atoms with E-state index in [4.69, 9.17) is 4.74 Å². The van der Waals surface area contributed by atoms with Crippen molar-refractivity contribution in [3.63, 3.8) is 0 Å². The van der Waals surface area contributed by atoms with E-state index in [2.05, 4.69) is 37.9 Å². The van der Waals surface area contributed by atoms with Gasteiger partial charge in [-0.3, -0.25) is 4.98 Å². The minimum Gasteiger partial charge on any atom is -0.373 e. The van der Waals surface area contributed by atoms with E-state index in [1.54, 1.807) is 0 Å². The first kappa shape index (κ1) is 10.6. The molecular weight excluding hydrogens is 186 g/mol. The molecule has 0 saturated carbocycles. The predicted octanol–water partition coefficient (Wildman–Crippen LogP) is 2.71. The fraction of sp³-hybridized carbons (Fsp3) is 0.615. The Morgan fingerprint density at radius 2 is 2.20 bits per heavy atom. The molecule has 0 N–H and O–H groups in total. The van der Waals surface area contributed by atoms with E-state index in [-0.39, 0.29) is 5.41 Å². The highest BCUT2D eigenvalue weighted by Gasteiger charge is 2.23. The number of hydrogen-bond acceptors (Lipinski definition) is 2. The number of aromatic nitrogens is 1. The Hall–Kier alpha value is -0.890. The van der Waals surface area contributed by atoms with Crippen molar-refractivity contribution < 1.29 is 4.74 Å². The van der Waals surface area contributed by atoms with Crippen LogP contribution in [-0.4, -0.2) is 17.7 Å². The van der Waals surface area contributed by atoms with Gasteiger partial charge in [0.05, 0.1) is 12.7 Å². The second-order valence-electron chi connectivity index (χ2n) is 4.95. The van der Waals surface area contributed by atoms with Crippen molar-refractivity contribution in [2.45, 2.75) is 45.1 Å². The lowest BCUT2D eigenvalue weighted by atomic mass is 9.86. The molecule has 1 aliphatic heterocycles. The average Bonchev–Trinajstić information content (AvgIpc) is 3.03. The Balaban J connectivity index is 2.08. The van der Waals surface area contributed by atoms with Crippen molar-refractivity contribution in [1.29, 1.82) is 0 Å². The van der Waals surface area contributed by atoms with E-state index in [0.717, 1.165) is 19.4 Å². The zero-order valence-corrected chi connectivity index (χ0v) is 9.79. The Morgan fingerprint density at radius 1 is 1.47 bits per heavy atom. The van der Waals surface area contributed by atoms with Gasteiger partial charge in [-0.15, -0.1) is 0 Å². The minimum absolute atomic E-state index is 0.189. The van der Waals surface area contributed by atoms with E-state index in [0.29, 0.717) is 6.10 Å². The summed E-state index contributed by atoms with van der Waals surface area (Å²) in [4.78, 5) is 4.55. The predicted molar refractivity (Wildman–Crippen MR) is 61.0 cm³/mol. The molecule has 1 saturated heterocycles. The zero-order valence-electron chi connectivity index (χ0n) is 9.79. The van der Waals surface area contributed by atoms with Crippen LogP contribution in [0.2, 0.25) is 0 Å². The first-order valence-electron chi connectivity index (χ1n) is 5.69. The maximum absolute atomic E-state index is 5.20. The highest BCUT2D eigenvalue weighted by molar-refractivity contribution is 5.20. The number of nitrogens with zero attached hydrogens (tertiary/aromatic N) is 1. The molecule has 2 rings (SSSR count). The first-order chi connectivity index (χ1) is 7.12. The quantitative estimate of drug-likeness (QED) is 0.706. The maximum atomic E-state index is 5.20. The van der Waals surface area contributed by atoms with E-state index >= 15 is 0 Å². The van der Waals surface area contributed by atoms with E-state index in [1.807, 2.05) is 6.20 Å². The highest BCUT2D eigenvalue weighted by Crippen LogP contribution is 2.25. The maximum Gasteiger partial charge on any atom is 0.0850 e. The zero-order chi connectivity index (χ0) is 10.9. The number of pyridine rings is 1. The molecule has 1 unspecified atom stereocenters. The smallest absolute Gasteiger partial charge is 0.0850 e. The molecule has 1 aliphatic rings. The van der Waals surface area contributed by atoms with Crippen LogP contribution in [0.3, 0.4) is 0 Å². The van der Waals surface area contributed by atoms with Crippen molar-refractivity contribution >= 4 is 0 Å². The molecule has 1 atom stereocenters. The molecule has 1 aromatic heterocycles. The molecule has 0 spiro atoms. The summed E-state index contributed by atoms with van der Waals surface area (Å²) in [5.41, 5.74) is 2.66. The molecule has 0 radical (unpaired) electrons. The molecule has 15 heavy (non-hydrogen) atoms. The lowest BCUT2D eigenvalue weighted by molar-refractivity contribution is 0.407. The number of ether oxygens (including phenoxy) is 1. The van der Waals surface area contributed by atoms with E-state index in [9.17, 15) is 0 Å². The van der Waals surface area contributed by atoms with Crippen LogP contribution in [0.1, 0.15) is 38.4 Å². The summed E-state index contributed by atoms with van der Waals surface area (Å²) < 4.78 is 5.20. The Kier molecular flexibility index (Phi) is 2.79. The fourth-order valence-electron chi connectivity index (χ4n) is 1.58. The molecule has 0 bridgehead atoms. The molecule has 0 aromatic carbocycles. The summed E-state index contributed by atoms with van der Waals surface area (Å²) in [5, 5.41) is 0. The molecule has 0 aliphatic carbocycles. The number of epoxide rings is 1. The summed E-state index contributed by atoms with van der Waals surface area (Å²) in [7, 11) is 0. The lowest BCUT2D eigenvalue weighted by Gasteiger charge is -2.21. The summed E-state index contributed by atoms with van der Waals surface area (Å²) in [5.74, 6) is 0. The van der Waals surface area contributed by atoms with Gasteiger partial charge in [-0.2, -0.15) is 0 Å². The standard InChI is InChI=1S/C13H19NO/c1-4-13(2,3)12-6-5-10(8-14-12)7-11-9-15-11/h5-6,8,11H,4,7,9H2,1-3H3. The Labute approximate surface area is 91.7 Å². The van der Waals surface area contributed by atoms with Crippen LogP contribution in [-0.2, 0) is 16.6 Å². The number of hydrogen-bond donors (Lipinski definition) is 0. The van der Waals surface area contributed by atoms with Crippen LogP contribution in [0.15, 0.2) is 18.3 Å². The lowest BCUT2D eigenvalue weighted by Crippen LogP contribution is -2.17. The van der Waals surface area contributed by atoms with Crippen LogP contribution in [0.5, 0.6) is 0 Å². The highest BCUT2D eigenvalue weighted by atomic mass is 16.6. The van der Waals surface area contributed by atoms with Gasteiger partial charge in [0.15, 0.2) is 0 Å². The van der Waals surface area contributed by atoms with Crippen LogP contribution >= 0.6 is 0 Å². The van der Waals surface area contributed by atoms with Gasteiger partial charge >= 0.3 is 0 Å². The van der Waals surface area contributed by atoms with Gasteiger partial charge in [0.25, 0.3) is 0 Å². The second-order valence-corrected chi connectivity index (χ2v) is 4.95. The molecule has 0 amide bonds. The molecule has 82 valence electrons. The molecule has 1 fully saturated rings. The SMILES string of the molecule is CCC(C)(C)c1ccc(CC2CO2)cn1. The normalized spacial score (nSPS) is 20.3. The van der Waals surface area contributed by atoms with Gasteiger partial charge in [0.2, 0.25) is 0 Å². The van der Waals surface area contributed by atoms with Crippen molar-refractivity contribution in [3.8, 4) is 0 Å². The van der Waals surface area contributed by atoms with Gasteiger partial charge in [0.1, 0.15) is 0 Å².